The lowest BCUT2D eigenvalue weighted by atomic mass is 10.1. The van der Waals surface area contributed by atoms with Gasteiger partial charge in [0, 0.05) is 17.1 Å². The number of carbonyl (C=O) groups is 1. The summed E-state index contributed by atoms with van der Waals surface area (Å²) in [6.45, 7) is 5.22. The van der Waals surface area contributed by atoms with E-state index in [1.807, 2.05) is 18.7 Å². The monoisotopic (exact) mass is 317 g/mol. The predicted molar refractivity (Wildman–Crippen MR) is 71.9 cm³/mol. The molecular formula is C13H17BrFNO2. The molecule has 1 unspecified atom stereocenters. The van der Waals surface area contributed by atoms with Crippen LogP contribution >= 0.6 is 15.9 Å². The fourth-order valence-electron chi connectivity index (χ4n) is 1.83. The van der Waals surface area contributed by atoms with Gasteiger partial charge in [0.05, 0.1) is 6.42 Å². The molecule has 0 heterocycles. The minimum absolute atomic E-state index is 0.0514. The standard InChI is InChI=1S/C13H17BrFNO2/c1-3-16(9(2)6-13(17)18)8-10-4-5-11(15)7-12(10)14/h4-5,7,9H,3,6,8H2,1-2H3,(H,17,18). The first-order valence-electron chi connectivity index (χ1n) is 5.83. The molecule has 0 aliphatic carbocycles. The van der Waals surface area contributed by atoms with Gasteiger partial charge in [-0.1, -0.05) is 28.9 Å². The van der Waals surface area contributed by atoms with Crippen LogP contribution in [0.25, 0.3) is 0 Å². The molecule has 5 heteroatoms. The quantitative estimate of drug-likeness (QED) is 0.875. The molecule has 0 saturated heterocycles. The van der Waals surface area contributed by atoms with Crippen LogP contribution < -0.4 is 0 Å². The first-order valence-corrected chi connectivity index (χ1v) is 6.63. The molecule has 0 aromatic heterocycles. The second-order valence-corrected chi connectivity index (χ2v) is 5.10. The smallest absolute Gasteiger partial charge is 0.304 e. The Balaban J connectivity index is 2.76. The highest BCUT2D eigenvalue weighted by molar-refractivity contribution is 9.10. The van der Waals surface area contributed by atoms with Gasteiger partial charge in [-0.05, 0) is 31.2 Å². The van der Waals surface area contributed by atoms with Crippen molar-refractivity contribution in [3.8, 4) is 0 Å². The van der Waals surface area contributed by atoms with Gasteiger partial charge in [0.25, 0.3) is 0 Å². The summed E-state index contributed by atoms with van der Waals surface area (Å²) in [7, 11) is 0. The molecule has 0 spiro atoms. The van der Waals surface area contributed by atoms with E-state index in [0.717, 1.165) is 12.1 Å². The lowest BCUT2D eigenvalue weighted by Gasteiger charge is -2.27. The number of hydrogen-bond donors (Lipinski definition) is 1. The van der Waals surface area contributed by atoms with Crippen LogP contribution in [0.15, 0.2) is 22.7 Å². The number of halogens is 2. The van der Waals surface area contributed by atoms with E-state index in [1.165, 1.54) is 12.1 Å². The van der Waals surface area contributed by atoms with Crippen LogP contribution in [0.1, 0.15) is 25.8 Å². The summed E-state index contributed by atoms with van der Waals surface area (Å²) >= 11 is 3.32. The summed E-state index contributed by atoms with van der Waals surface area (Å²) < 4.78 is 13.7. The summed E-state index contributed by atoms with van der Waals surface area (Å²) in [4.78, 5) is 12.8. The average molecular weight is 318 g/mol. The molecule has 1 aromatic rings. The van der Waals surface area contributed by atoms with Gasteiger partial charge < -0.3 is 5.11 Å². The predicted octanol–water partition coefficient (Wildman–Crippen LogP) is 3.27. The number of rotatable bonds is 6. The summed E-state index contributed by atoms with van der Waals surface area (Å²) in [6.07, 6.45) is 0.104. The van der Waals surface area contributed by atoms with Gasteiger partial charge >= 0.3 is 5.97 Å². The highest BCUT2D eigenvalue weighted by Gasteiger charge is 2.16. The summed E-state index contributed by atoms with van der Waals surface area (Å²) in [5.74, 6) is -1.09. The Morgan fingerprint density at radius 2 is 2.22 bits per heavy atom. The zero-order valence-corrected chi connectivity index (χ0v) is 12.1. The molecule has 0 saturated carbocycles. The normalized spacial score (nSPS) is 12.7. The van der Waals surface area contributed by atoms with Gasteiger partial charge in [-0.2, -0.15) is 0 Å². The Labute approximate surface area is 115 Å². The summed E-state index contributed by atoms with van der Waals surface area (Å²) in [5.41, 5.74) is 0.954. The molecule has 1 aromatic carbocycles. The SMILES string of the molecule is CCN(Cc1ccc(F)cc1Br)C(C)CC(=O)O. The van der Waals surface area contributed by atoms with Crippen molar-refractivity contribution < 1.29 is 14.3 Å². The van der Waals surface area contributed by atoms with E-state index in [-0.39, 0.29) is 18.3 Å². The molecule has 3 nitrogen and oxygen atoms in total. The van der Waals surface area contributed by atoms with Gasteiger partial charge in [-0.25, -0.2) is 4.39 Å². The van der Waals surface area contributed by atoms with E-state index >= 15 is 0 Å². The van der Waals surface area contributed by atoms with E-state index in [9.17, 15) is 9.18 Å². The topological polar surface area (TPSA) is 40.5 Å². The number of nitrogens with zero attached hydrogens (tertiary/aromatic N) is 1. The van der Waals surface area contributed by atoms with E-state index in [0.29, 0.717) is 11.0 Å². The largest absolute Gasteiger partial charge is 0.481 e. The van der Waals surface area contributed by atoms with Crippen molar-refractivity contribution in [2.45, 2.75) is 32.9 Å². The fraction of sp³-hybridized carbons (Fsp3) is 0.462. The molecule has 18 heavy (non-hydrogen) atoms. The van der Waals surface area contributed by atoms with E-state index in [4.69, 9.17) is 5.11 Å². The van der Waals surface area contributed by atoms with Crippen molar-refractivity contribution in [1.29, 1.82) is 0 Å². The lowest BCUT2D eigenvalue weighted by molar-refractivity contribution is -0.138. The molecule has 0 amide bonds. The Morgan fingerprint density at radius 3 is 2.72 bits per heavy atom. The van der Waals surface area contributed by atoms with Crippen LogP contribution in [0.2, 0.25) is 0 Å². The van der Waals surface area contributed by atoms with Crippen LogP contribution in [-0.2, 0) is 11.3 Å². The van der Waals surface area contributed by atoms with Crippen LogP contribution in [0.4, 0.5) is 4.39 Å². The van der Waals surface area contributed by atoms with Gasteiger partial charge in [0.1, 0.15) is 5.82 Å². The number of aliphatic carboxylic acids is 1. The first-order chi connectivity index (χ1) is 8.43. The van der Waals surface area contributed by atoms with Crippen LogP contribution in [0, 0.1) is 5.82 Å². The van der Waals surface area contributed by atoms with Gasteiger partial charge in [-0.3, -0.25) is 9.69 Å². The maximum atomic E-state index is 13.0. The van der Waals surface area contributed by atoms with E-state index in [1.54, 1.807) is 6.07 Å². The van der Waals surface area contributed by atoms with Crippen LogP contribution in [0.3, 0.4) is 0 Å². The summed E-state index contributed by atoms with van der Waals surface area (Å²) in [6, 6.07) is 4.50. The van der Waals surface area contributed by atoms with Crippen LogP contribution in [0.5, 0.6) is 0 Å². The molecule has 100 valence electrons. The van der Waals surface area contributed by atoms with Gasteiger partial charge in [-0.15, -0.1) is 0 Å². The molecule has 0 radical (unpaired) electrons. The Bertz CT molecular complexity index is 425. The van der Waals surface area contributed by atoms with Crippen molar-refractivity contribution in [1.82, 2.24) is 4.90 Å². The molecule has 0 aliphatic heterocycles. The highest BCUT2D eigenvalue weighted by atomic mass is 79.9. The molecule has 0 bridgehead atoms. The van der Waals surface area contributed by atoms with Gasteiger partial charge in [0.15, 0.2) is 0 Å². The van der Waals surface area contributed by atoms with E-state index in [2.05, 4.69) is 15.9 Å². The van der Waals surface area contributed by atoms with Crippen molar-refractivity contribution >= 4 is 21.9 Å². The maximum absolute atomic E-state index is 13.0. The molecule has 0 fully saturated rings. The molecule has 1 rings (SSSR count). The third kappa shape index (κ3) is 4.38. The lowest BCUT2D eigenvalue weighted by Crippen LogP contribution is -2.34. The number of benzene rings is 1. The maximum Gasteiger partial charge on any atom is 0.304 e. The third-order valence-electron chi connectivity index (χ3n) is 2.89. The van der Waals surface area contributed by atoms with Crippen molar-refractivity contribution in [3.05, 3.63) is 34.1 Å². The molecule has 0 aliphatic rings. The minimum atomic E-state index is -0.806. The minimum Gasteiger partial charge on any atom is -0.481 e. The number of carboxylic acids is 1. The van der Waals surface area contributed by atoms with Crippen molar-refractivity contribution in [3.63, 3.8) is 0 Å². The molecule has 1 atom stereocenters. The Kier molecular flexibility index (Phi) is 5.75. The zero-order valence-electron chi connectivity index (χ0n) is 10.5. The second-order valence-electron chi connectivity index (χ2n) is 4.25. The van der Waals surface area contributed by atoms with Gasteiger partial charge in [0.2, 0.25) is 0 Å². The Hall–Kier alpha value is -0.940. The second kappa shape index (κ2) is 6.85. The number of hydrogen-bond acceptors (Lipinski definition) is 2. The zero-order chi connectivity index (χ0) is 13.7. The third-order valence-corrected chi connectivity index (χ3v) is 3.63. The van der Waals surface area contributed by atoms with Crippen molar-refractivity contribution in [2.24, 2.45) is 0 Å². The molecular weight excluding hydrogens is 301 g/mol. The highest BCUT2D eigenvalue weighted by Crippen LogP contribution is 2.21. The summed E-state index contributed by atoms with van der Waals surface area (Å²) in [5, 5.41) is 8.80. The first kappa shape index (κ1) is 15.1. The molecule has 1 N–H and O–H groups in total. The average Bonchev–Trinajstić information content (AvgIpc) is 2.27. The van der Waals surface area contributed by atoms with Crippen LogP contribution in [-0.4, -0.2) is 28.6 Å². The van der Waals surface area contributed by atoms with E-state index < -0.39 is 5.97 Å². The van der Waals surface area contributed by atoms with Crippen molar-refractivity contribution in [2.75, 3.05) is 6.54 Å². The fourth-order valence-corrected chi connectivity index (χ4v) is 2.31. The Morgan fingerprint density at radius 1 is 1.56 bits per heavy atom. The number of carboxylic acid groups (broad SMARTS) is 1.